The zero-order chi connectivity index (χ0) is 20.1. The van der Waals surface area contributed by atoms with Crippen LogP contribution in [-0.2, 0) is 6.42 Å². The quantitative estimate of drug-likeness (QED) is 0.702. The molecule has 0 spiro atoms. The molecule has 1 fully saturated rings. The van der Waals surface area contributed by atoms with Crippen molar-refractivity contribution in [1.82, 2.24) is 19.8 Å². The Morgan fingerprint density at radius 3 is 2.38 bits per heavy atom. The predicted molar refractivity (Wildman–Crippen MR) is 116 cm³/mol. The highest BCUT2D eigenvalue weighted by atomic mass is 16.2. The molecule has 4 rings (SSSR count). The molecule has 0 bridgehead atoms. The Kier molecular flexibility index (Phi) is 5.94. The number of aromatic nitrogens is 2. The fraction of sp³-hybridized carbons (Fsp3) is 0.333. The van der Waals surface area contributed by atoms with Crippen molar-refractivity contribution in [3.8, 4) is 11.4 Å². The molecule has 2 amide bonds. The number of likely N-dealkylation sites (tertiary alicyclic amines) is 1. The van der Waals surface area contributed by atoms with E-state index in [2.05, 4.69) is 46.1 Å². The molecular formula is C24H28N4O. The fourth-order valence-electron chi connectivity index (χ4n) is 4.11. The number of imidazole rings is 1. The van der Waals surface area contributed by atoms with E-state index in [1.54, 1.807) is 0 Å². The van der Waals surface area contributed by atoms with E-state index in [4.69, 9.17) is 0 Å². The molecule has 1 N–H and O–H groups in total. The van der Waals surface area contributed by atoms with E-state index < -0.39 is 0 Å². The Morgan fingerprint density at radius 2 is 1.69 bits per heavy atom. The second-order valence-electron chi connectivity index (χ2n) is 7.64. The monoisotopic (exact) mass is 388 g/mol. The third-order valence-electron chi connectivity index (χ3n) is 5.66. The molecule has 5 nitrogen and oxygen atoms in total. The number of aryl methyl sites for hydroxylation is 1. The number of amides is 2. The first kappa shape index (κ1) is 19.2. The average molecular weight is 389 g/mol. The van der Waals surface area contributed by atoms with Crippen LogP contribution in [0.5, 0.6) is 0 Å². The number of hydrogen-bond acceptors (Lipinski definition) is 2. The maximum atomic E-state index is 12.5. The van der Waals surface area contributed by atoms with Gasteiger partial charge in [-0.05, 0) is 31.7 Å². The van der Waals surface area contributed by atoms with Gasteiger partial charge in [0, 0.05) is 43.1 Å². The normalized spacial score (nSPS) is 14.7. The zero-order valence-corrected chi connectivity index (χ0v) is 16.9. The number of hydrogen-bond donors (Lipinski definition) is 1. The molecule has 3 aromatic rings. The second-order valence-corrected chi connectivity index (χ2v) is 7.64. The number of nitrogens with zero attached hydrogens (tertiary/aromatic N) is 3. The Bertz CT molecular complexity index is 928. The van der Waals surface area contributed by atoms with Crippen LogP contribution >= 0.6 is 0 Å². The van der Waals surface area contributed by atoms with E-state index in [1.165, 1.54) is 11.3 Å². The number of carbonyl (C=O) groups is 1. The van der Waals surface area contributed by atoms with Gasteiger partial charge in [-0.25, -0.2) is 9.78 Å². The fourth-order valence-corrected chi connectivity index (χ4v) is 4.11. The van der Waals surface area contributed by atoms with Gasteiger partial charge in [0.25, 0.3) is 0 Å². The van der Waals surface area contributed by atoms with Crippen LogP contribution in [0.25, 0.3) is 11.4 Å². The molecule has 2 heterocycles. The lowest BCUT2D eigenvalue weighted by Gasteiger charge is -2.34. The van der Waals surface area contributed by atoms with E-state index >= 15 is 0 Å². The van der Waals surface area contributed by atoms with Gasteiger partial charge in [0.2, 0.25) is 0 Å². The Hall–Kier alpha value is -3.08. The summed E-state index contributed by atoms with van der Waals surface area (Å²) in [5.41, 5.74) is 3.56. The van der Waals surface area contributed by atoms with Crippen molar-refractivity contribution in [1.29, 1.82) is 0 Å². The zero-order valence-electron chi connectivity index (χ0n) is 16.9. The lowest BCUT2D eigenvalue weighted by atomic mass is 10.0. The van der Waals surface area contributed by atoms with Crippen LogP contribution in [0.15, 0.2) is 66.9 Å². The van der Waals surface area contributed by atoms with Gasteiger partial charge in [-0.1, -0.05) is 60.7 Å². The third-order valence-corrected chi connectivity index (χ3v) is 5.66. The molecule has 1 aromatic heterocycles. The molecule has 5 heteroatoms. The first-order chi connectivity index (χ1) is 14.2. The van der Waals surface area contributed by atoms with Crippen molar-refractivity contribution in [2.24, 2.45) is 0 Å². The number of benzene rings is 2. The molecule has 150 valence electrons. The van der Waals surface area contributed by atoms with Crippen LogP contribution in [0.1, 0.15) is 30.1 Å². The van der Waals surface area contributed by atoms with E-state index in [0.29, 0.717) is 12.6 Å². The van der Waals surface area contributed by atoms with Crippen molar-refractivity contribution in [2.75, 3.05) is 19.6 Å². The van der Waals surface area contributed by atoms with E-state index in [0.717, 1.165) is 43.7 Å². The van der Waals surface area contributed by atoms with E-state index in [1.807, 2.05) is 47.5 Å². The van der Waals surface area contributed by atoms with Crippen LogP contribution in [-0.4, -0.2) is 40.1 Å². The molecule has 1 aliphatic rings. The summed E-state index contributed by atoms with van der Waals surface area (Å²) in [5.74, 6) is 1.02. The third kappa shape index (κ3) is 4.50. The maximum absolute atomic E-state index is 12.5. The standard InChI is InChI=1S/C24H28N4O/c1-19-18-26-23(21-10-6-3-7-11-21)28(19)22-13-16-27(17-14-22)24(29)25-15-12-20-8-4-2-5-9-20/h2-11,18,22H,12-17H2,1H3,(H,25,29). The van der Waals surface area contributed by atoms with E-state index in [9.17, 15) is 4.79 Å². The van der Waals surface area contributed by atoms with Crippen molar-refractivity contribution in [2.45, 2.75) is 32.2 Å². The first-order valence-electron chi connectivity index (χ1n) is 10.4. The summed E-state index contributed by atoms with van der Waals surface area (Å²) in [4.78, 5) is 19.1. The highest BCUT2D eigenvalue weighted by Gasteiger charge is 2.26. The van der Waals surface area contributed by atoms with E-state index in [-0.39, 0.29) is 6.03 Å². The highest BCUT2D eigenvalue weighted by Crippen LogP contribution is 2.30. The molecule has 1 aliphatic heterocycles. The van der Waals surface area contributed by atoms with Crippen LogP contribution < -0.4 is 5.32 Å². The Balaban J connectivity index is 1.33. The van der Waals surface area contributed by atoms with Gasteiger partial charge in [-0.3, -0.25) is 0 Å². The number of nitrogens with one attached hydrogen (secondary N) is 1. The molecule has 0 saturated carbocycles. The largest absolute Gasteiger partial charge is 0.338 e. The second kappa shape index (κ2) is 8.95. The number of piperidine rings is 1. The molecule has 0 radical (unpaired) electrons. The summed E-state index contributed by atoms with van der Waals surface area (Å²) in [5, 5.41) is 3.07. The van der Waals surface area contributed by atoms with Gasteiger partial charge >= 0.3 is 6.03 Å². The summed E-state index contributed by atoms with van der Waals surface area (Å²) < 4.78 is 2.35. The molecule has 0 unspecified atom stereocenters. The molecular weight excluding hydrogens is 360 g/mol. The van der Waals surface area contributed by atoms with Gasteiger partial charge in [-0.2, -0.15) is 0 Å². The minimum absolute atomic E-state index is 0.0463. The van der Waals surface area contributed by atoms with Crippen LogP contribution in [0, 0.1) is 6.92 Å². The molecule has 2 aromatic carbocycles. The summed E-state index contributed by atoms with van der Waals surface area (Å²) in [6, 6.07) is 21.0. The van der Waals surface area contributed by atoms with Crippen LogP contribution in [0.2, 0.25) is 0 Å². The minimum atomic E-state index is 0.0463. The summed E-state index contributed by atoms with van der Waals surface area (Å²) in [7, 11) is 0. The van der Waals surface area contributed by atoms with Gasteiger partial charge in [0.05, 0.1) is 0 Å². The van der Waals surface area contributed by atoms with Crippen LogP contribution in [0.4, 0.5) is 4.79 Å². The SMILES string of the molecule is Cc1cnc(-c2ccccc2)n1C1CCN(C(=O)NCCc2ccccc2)CC1. The molecule has 1 saturated heterocycles. The maximum Gasteiger partial charge on any atom is 0.317 e. The molecule has 0 atom stereocenters. The average Bonchev–Trinajstić information content (AvgIpc) is 3.16. The first-order valence-corrected chi connectivity index (χ1v) is 10.4. The molecule has 29 heavy (non-hydrogen) atoms. The predicted octanol–water partition coefficient (Wildman–Crippen LogP) is 4.45. The van der Waals surface area contributed by atoms with Gasteiger partial charge in [-0.15, -0.1) is 0 Å². The van der Waals surface area contributed by atoms with Crippen molar-refractivity contribution >= 4 is 6.03 Å². The Morgan fingerprint density at radius 1 is 1.03 bits per heavy atom. The van der Waals surface area contributed by atoms with Crippen molar-refractivity contribution < 1.29 is 4.79 Å². The summed E-state index contributed by atoms with van der Waals surface area (Å²) in [6.07, 6.45) is 4.70. The summed E-state index contributed by atoms with van der Waals surface area (Å²) >= 11 is 0. The van der Waals surface area contributed by atoms with Crippen molar-refractivity contribution in [3.63, 3.8) is 0 Å². The van der Waals surface area contributed by atoms with Gasteiger partial charge < -0.3 is 14.8 Å². The number of rotatable bonds is 5. The van der Waals surface area contributed by atoms with Crippen LogP contribution in [0.3, 0.4) is 0 Å². The highest BCUT2D eigenvalue weighted by molar-refractivity contribution is 5.74. The summed E-state index contributed by atoms with van der Waals surface area (Å²) in [6.45, 7) is 4.32. The van der Waals surface area contributed by atoms with Gasteiger partial charge in [0.1, 0.15) is 5.82 Å². The van der Waals surface area contributed by atoms with Crippen molar-refractivity contribution in [3.05, 3.63) is 78.1 Å². The lowest BCUT2D eigenvalue weighted by molar-refractivity contribution is 0.171. The smallest absolute Gasteiger partial charge is 0.317 e. The minimum Gasteiger partial charge on any atom is -0.338 e. The number of urea groups is 1. The number of carbonyl (C=O) groups excluding carboxylic acids is 1. The Labute approximate surface area is 172 Å². The topological polar surface area (TPSA) is 50.2 Å². The molecule has 0 aliphatic carbocycles. The lowest BCUT2D eigenvalue weighted by Crippen LogP contribution is -2.45. The van der Waals surface area contributed by atoms with Gasteiger partial charge in [0.15, 0.2) is 0 Å².